The van der Waals surface area contributed by atoms with Crippen molar-refractivity contribution in [3.8, 4) is 0 Å². The lowest BCUT2D eigenvalue weighted by atomic mass is 10.2. The summed E-state index contributed by atoms with van der Waals surface area (Å²) in [6, 6.07) is 6.71. The van der Waals surface area contributed by atoms with E-state index in [2.05, 4.69) is 20.6 Å². The summed E-state index contributed by atoms with van der Waals surface area (Å²) in [5.74, 6) is -0.498. The van der Waals surface area contributed by atoms with Crippen LogP contribution in [0.3, 0.4) is 0 Å². The Balaban J connectivity index is 1.75. The van der Waals surface area contributed by atoms with Crippen LogP contribution in [0.2, 0.25) is 10.0 Å². The number of nitrogens with one attached hydrogen (secondary N) is 2. The quantitative estimate of drug-likeness (QED) is 0.520. The average Bonchev–Trinajstić information content (AvgIpc) is 3.20. The first kappa shape index (κ1) is 16.9. The molecule has 0 saturated carbocycles. The minimum Gasteiger partial charge on any atom is -0.304 e. The van der Waals surface area contributed by atoms with Crippen molar-refractivity contribution in [3.05, 3.63) is 68.1 Å². The Kier molecular flexibility index (Phi) is 4.68. The van der Waals surface area contributed by atoms with E-state index in [9.17, 15) is 14.9 Å². The van der Waals surface area contributed by atoms with Crippen LogP contribution in [-0.4, -0.2) is 30.8 Å². The van der Waals surface area contributed by atoms with E-state index in [-0.39, 0.29) is 11.5 Å². The van der Waals surface area contributed by atoms with E-state index in [0.29, 0.717) is 22.2 Å². The van der Waals surface area contributed by atoms with E-state index in [1.54, 1.807) is 30.5 Å². The lowest BCUT2D eigenvalue weighted by molar-refractivity contribution is -0.385. The first-order valence-electron chi connectivity index (χ1n) is 6.91. The van der Waals surface area contributed by atoms with Crippen molar-refractivity contribution < 1.29 is 9.72 Å². The Labute approximate surface area is 150 Å². The van der Waals surface area contributed by atoms with Gasteiger partial charge in [0.25, 0.3) is 5.91 Å². The minimum atomic E-state index is -0.717. The van der Waals surface area contributed by atoms with Crippen LogP contribution < -0.4 is 5.32 Å². The molecular formula is C14H10Cl2N6O3. The van der Waals surface area contributed by atoms with Crippen LogP contribution in [0.15, 0.2) is 36.7 Å². The van der Waals surface area contributed by atoms with Crippen LogP contribution in [0, 0.1) is 10.1 Å². The molecule has 0 fully saturated rings. The highest BCUT2D eigenvalue weighted by molar-refractivity contribution is 6.35. The highest BCUT2D eigenvalue weighted by Crippen LogP contribution is 2.25. The Morgan fingerprint density at radius 1 is 1.32 bits per heavy atom. The third-order valence-electron chi connectivity index (χ3n) is 3.31. The zero-order valence-electron chi connectivity index (χ0n) is 12.4. The van der Waals surface area contributed by atoms with E-state index in [4.69, 9.17) is 23.2 Å². The molecule has 2 heterocycles. The summed E-state index contributed by atoms with van der Waals surface area (Å²) in [5.41, 5.74) is 0.0181. The Hall–Kier alpha value is -2.91. The van der Waals surface area contributed by atoms with Gasteiger partial charge in [0.05, 0.1) is 11.5 Å². The summed E-state index contributed by atoms with van der Waals surface area (Å²) < 4.78 is 1.53. The van der Waals surface area contributed by atoms with Crippen molar-refractivity contribution in [1.29, 1.82) is 0 Å². The molecule has 0 unspecified atom stereocenters. The van der Waals surface area contributed by atoms with Crippen LogP contribution in [0.5, 0.6) is 0 Å². The van der Waals surface area contributed by atoms with Gasteiger partial charge in [-0.3, -0.25) is 24.7 Å². The number of carbonyl (C=O) groups excluding carboxylic acids is 1. The van der Waals surface area contributed by atoms with E-state index >= 15 is 0 Å². The van der Waals surface area contributed by atoms with Crippen molar-refractivity contribution in [2.75, 3.05) is 5.32 Å². The maximum absolute atomic E-state index is 12.1. The van der Waals surface area contributed by atoms with Crippen LogP contribution >= 0.6 is 23.2 Å². The number of rotatable bonds is 5. The number of carbonyl (C=O) groups is 1. The van der Waals surface area contributed by atoms with Gasteiger partial charge in [0.15, 0.2) is 5.82 Å². The van der Waals surface area contributed by atoms with Gasteiger partial charge in [-0.25, -0.2) is 0 Å². The monoisotopic (exact) mass is 380 g/mol. The van der Waals surface area contributed by atoms with Crippen molar-refractivity contribution in [2.45, 2.75) is 6.54 Å². The van der Waals surface area contributed by atoms with Gasteiger partial charge in [0.2, 0.25) is 5.69 Å². The van der Waals surface area contributed by atoms with Crippen molar-refractivity contribution in [3.63, 3.8) is 0 Å². The number of nitro groups is 1. The number of benzene rings is 1. The number of aromatic amines is 1. The zero-order chi connectivity index (χ0) is 18.0. The number of aromatic nitrogens is 4. The van der Waals surface area contributed by atoms with Crippen molar-refractivity contribution in [2.24, 2.45) is 0 Å². The molecule has 25 heavy (non-hydrogen) atoms. The second-order valence-corrected chi connectivity index (χ2v) is 5.75. The number of amides is 1. The molecule has 0 aliphatic carbocycles. The summed E-state index contributed by atoms with van der Waals surface area (Å²) >= 11 is 12.2. The van der Waals surface area contributed by atoms with Crippen LogP contribution in [0.1, 0.15) is 16.1 Å². The van der Waals surface area contributed by atoms with Crippen molar-refractivity contribution in [1.82, 2.24) is 20.0 Å². The third kappa shape index (κ3) is 3.62. The molecule has 1 amide bonds. The molecule has 0 aliphatic heterocycles. The van der Waals surface area contributed by atoms with Crippen LogP contribution in [0.25, 0.3) is 0 Å². The van der Waals surface area contributed by atoms with Gasteiger partial charge in [-0.2, -0.15) is 10.2 Å². The molecule has 9 nitrogen and oxygen atoms in total. The number of hydrogen-bond donors (Lipinski definition) is 2. The largest absolute Gasteiger partial charge is 0.319 e. The van der Waals surface area contributed by atoms with Crippen LogP contribution in [-0.2, 0) is 6.54 Å². The molecule has 2 N–H and O–H groups in total. The van der Waals surface area contributed by atoms with Crippen LogP contribution in [0.4, 0.5) is 11.5 Å². The number of nitrogens with zero attached hydrogens (tertiary/aromatic N) is 4. The molecule has 0 aliphatic rings. The highest BCUT2D eigenvalue weighted by atomic mass is 35.5. The van der Waals surface area contributed by atoms with Gasteiger partial charge in [0.1, 0.15) is 6.20 Å². The fourth-order valence-corrected chi connectivity index (χ4v) is 2.64. The SMILES string of the molecule is O=C(Nc1ccn(Cc2c(Cl)cccc2Cl)n1)c1[nH]ncc1[N+](=O)[O-]. The summed E-state index contributed by atoms with van der Waals surface area (Å²) in [6.45, 7) is 0.304. The second kappa shape index (κ2) is 6.91. The summed E-state index contributed by atoms with van der Waals surface area (Å²) in [6.07, 6.45) is 2.59. The number of H-pyrrole nitrogens is 1. The first-order chi connectivity index (χ1) is 12.0. The van der Waals surface area contributed by atoms with Gasteiger partial charge in [-0.1, -0.05) is 29.3 Å². The molecule has 0 bridgehead atoms. The molecule has 0 atom stereocenters. The van der Waals surface area contributed by atoms with Crippen molar-refractivity contribution >= 4 is 40.6 Å². The molecule has 2 aromatic heterocycles. The molecule has 1 aromatic carbocycles. The molecule has 128 valence electrons. The predicted molar refractivity (Wildman–Crippen MR) is 91.0 cm³/mol. The molecule has 11 heteroatoms. The van der Waals surface area contributed by atoms with Gasteiger partial charge < -0.3 is 5.32 Å². The Bertz CT molecular complexity index is 931. The average molecular weight is 381 g/mol. The predicted octanol–water partition coefficient (Wildman–Crippen LogP) is 3.12. The normalized spacial score (nSPS) is 10.6. The van der Waals surface area contributed by atoms with Gasteiger partial charge in [0, 0.05) is 27.9 Å². The fraction of sp³-hybridized carbons (Fsp3) is 0.0714. The number of hydrogen-bond acceptors (Lipinski definition) is 5. The second-order valence-electron chi connectivity index (χ2n) is 4.94. The minimum absolute atomic E-state index is 0.220. The molecular weight excluding hydrogens is 371 g/mol. The summed E-state index contributed by atoms with van der Waals surface area (Å²) in [7, 11) is 0. The number of anilines is 1. The van der Waals surface area contributed by atoms with Gasteiger partial charge in [-0.05, 0) is 12.1 Å². The van der Waals surface area contributed by atoms with Gasteiger partial charge in [-0.15, -0.1) is 0 Å². The zero-order valence-corrected chi connectivity index (χ0v) is 14.0. The van der Waals surface area contributed by atoms with Gasteiger partial charge >= 0.3 is 5.69 Å². The maximum Gasteiger partial charge on any atom is 0.319 e. The van der Waals surface area contributed by atoms with E-state index in [1.165, 1.54) is 4.68 Å². The highest BCUT2D eigenvalue weighted by Gasteiger charge is 2.23. The van der Waals surface area contributed by atoms with E-state index in [1.807, 2.05) is 0 Å². The van der Waals surface area contributed by atoms with E-state index < -0.39 is 16.5 Å². The first-order valence-corrected chi connectivity index (χ1v) is 7.66. The summed E-state index contributed by atoms with van der Waals surface area (Å²) in [4.78, 5) is 22.2. The molecule has 0 spiro atoms. The third-order valence-corrected chi connectivity index (χ3v) is 4.02. The topological polar surface area (TPSA) is 119 Å². The maximum atomic E-state index is 12.1. The molecule has 0 saturated heterocycles. The summed E-state index contributed by atoms with van der Waals surface area (Å²) in [5, 5.41) is 24.3. The van der Waals surface area contributed by atoms with E-state index in [0.717, 1.165) is 6.20 Å². The number of halogens is 2. The molecule has 0 radical (unpaired) electrons. The smallest absolute Gasteiger partial charge is 0.304 e. The standard InChI is InChI=1S/C14H10Cl2N6O3/c15-9-2-1-3-10(16)8(9)7-21-5-4-12(20-21)18-14(23)13-11(22(24)25)6-17-19-13/h1-6H,7H2,(H,17,19)(H,18,20,23). The lowest BCUT2D eigenvalue weighted by Gasteiger charge is -2.06. The Morgan fingerprint density at radius 3 is 2.72 bits per heavy atom. The molecule has 3 rings (SSSR count). The lowest BCUT2D eigenvalue weighted by Crippen LogP contribution is -2.15. The Morgan fingerprint density at radius 2 is 2.04 bits per heavy atom. The molecule has 3 aromatic rings. The fourth-order valence-electron chi connectivity index (χ4n) is 2.13.